The Labute approximate surface area is 173 Å². The van der Waals surface area contributed by atoms with E-state index < -0.39 is 16.0 Å². The molecule has 3 rings (SSSR count). The third kappa shape index (κ3) is 4.60. The van der Waals surface area contributed by atoms with Gasteiger partial charge in [0.05, 0.1) is 24.8 Å². The van der Waals surface area contributed by atoms with Crippen LogP contribution in [0.3, 0.4) is 0 Å². The van der Waals surface area contributed by atoms with Gasteiger partial charge in [-0.25, -0.2) is 13.2 Å². The number of nitrogens with zero attached hydrogens (tertiary/aromatic N) is 1. The molecule has 0 spiro atoms. The van der Waals surface area contributed by atoms with Gasteiger partial charge < -0.3 is 14.8 Å². The van der Waals surface area contributed by atoms with Gasteiger partial charge in [-0.15, -0.1) is 11.3 Å². The molecule has 1 N–H and O–H groups in total. The zero-order valence-electron chi connectivity index (χ0n) is 16.1. The van der Waals surface area contributed by atoms with E-state index >= 15 is 0 Å². The Morgan fingerprint density at radius 1 is 1.10 bits per heavy atom. The molecule has 0 aliphatic carbocycles. The molecule has 1 aromatic heterocycles. The summed E-state index contributed by atoms with van der Waals surface area (Å²) in [4.78, 5) is 24.9. The summed E-state index contributed by atoms with van der Waals surface area (Å²) < 4.78 is 36.8. The van der Waals surface area contributed by atoms with Crippen LogP contribution in [0.5, 0.6) is 5.75 Å². The van der Waals surface area contributed by atoms with Gasteiger partial charge in [0.25, 0.3) is 0 Å². The summed E-state index contributed by atoms with van der Waals surface area (Å²) in [6.07, 6.45) is 0.803. The molecule has 1 aliphatic rings. The summed E-state index contributed by atoms with van der Waals surface area (Å²) in [7, 11) is -0.819. The van der Waals surface area contributed by atoms with E-state index in [-0.39, 0.29) is 29.8 Å². The smallest absolute Gasteiger partial charge is 0.350 e. The Kier molecular flexibility index (Phi) is 6.56. The highest BCUT2D eigenvalue weighted by Crippen LogP contribution is 2.28. The standard InChI is InChI=1S/C19H22N2O6S2/c1-26-14-3-5-15(6-4-14)29(24,25)21-10-7-13(8-11-21)18(22)20-16-9-12-28-17(16)19(23)27-2/h3-6,9,12-13H,7-8,10-11H2,1-2H3,(H,20,22). The highest BCUT2D eigenvalue weighted by molar-refractivity contribution is 7.89. The van der Waals surface area contributed by atoms with Crippen LogP contribution in [0.4, 0.5) is 5.69 Å². The minimum atomic E-state index is -3.62. The Morgan fingerprint density at radius 2 is 1.76 bits per heavy atom. The second-order valence-electron chi connectivity index (χ2n) is 6.50. The molecule has 1 aliphatic heterocycles. The molecule has 2 heterocycles. The van der Waals surface area contributed by atoms with Gasteiger partial charge in [0.2, 0.25) is 15.9 Å². The van der Waals surface area contributed by atoms with Crippen molar-refractivity contribution in [3.05, 3.63) is 40.6 Å². The van der Waals surface area contributed by atoms with Crippen LogP contribution in [0.2, 0.25) is 0 Å². The summed E-state index contributed by atoms with van der Waals surface area (Å²) in [5, 5.41) is 4.46. The molecule has 156 valence electrons. The number of hydrogen-bond donors (Lipinski definition) is 1. The van der Waals surface area contributed by atoms with Gasteiger partial charge in [-0.2, -0.15) is 4.31 Å². The number of piperidine rings is 1. The van der Waals surface area contributed by atoms with Crippen molar-refractivity contribution in [3.8, 4) is 5.75 Å². The molecule has 1 aromatic carbocycles. The Morgan fingerprint density at radius 3 is 2.34 bits per heavy atom. The van der Waals surface area contributed by atoms with Crippen molar-refractivity contribution < 1.29 is 27.5 Å². The number of hydrogen-bond acceptors (Lipinski definition) is 7. The van der Waals surface area contributed by atoms with E-state index in [0.717, 1.165) is 0 Å². The number of carbonyl (C=O) groups excluding carboxylic acids is 2. The van der Waals surface area contributed by atoms with E-state index in [1.54, 1.807) is 23.6 Å². The lowest BCUT2D eigenvalue weighted by molar-refractivity contribution is -0.120. The zero-order valence-corrected chi connectivity index (χ0v) is 17.7. The van der Waals surface area contributed by atoms with Crippen LogP contribution in [0.25, 0.3) is 0 Å². The maximum atomic E-state index is 12.8. The van der Waals surface area contributed by atoms with Crippen LogP contribution in [0.15, 0.2) is 40.6 Å². The summed E-state index contributed by atoms with van der Waals surface area (Å²) in [6.45, 7) is 0.500. The molecule has 10 heteroatoms. The molecular formula is C19H22N2O6S2. The summed E-state index contributed by atoms with van der Waals surface area (Å²) >= 11 is 1.19. The number of rotatable bonds is 6. The number of nitrogens with one attached hydrogen (secondary N) is 1. The van der Waals surface area contributed by atoms with Crippen LogP contribution < -0.4 is 10.1 Å². The lowest BCUT2D eigenvalue weighted by Crippen LogP contribution is -2.41. The van der Waals surface area contributed by atoms with Gasteiger partial charge in [-0.3, -0.25) is 4.79 Å². The summed E-state index contributed by atoms with van der Waals surface area (Å²) in [5.41, 5.74) is 0.417. The van der Waals surface area contributed by atoms with Gasteiger partial charge in [0.1, 0.15) is 10.6 Å². The van der Waals surface area contributed by atoms with Crippen molar-refractivity contribution in [3.63, 3.8) is 0 Å². The fraction of sp³-hybridized carbons (Fsp3) is 0.368. The number of sulfonamides is 1. The van der Waals surface area contributed by atoms with Crippen LogP contribution in [-0.4, -0.2) is 51.9 Å². The van der Waals surface area contributed by atoms with E-state index in [1.807, 2.05) is 0 Å². The quantitative estimate of drug-likeness (QED) is 0.696. The van der Waals surface area contributed by atoms with Crippen molar-refractivity contribution in [2.45, 2.75) is 17.7 Å². The van der Waals surface area contributed by atoms with E-state index in [1.165, 1.54) is 42.0 Å². The second-order valence-corrected chi connectivity index (χ2v) is 9.35. The van der Waals surface area contributed by atoms with E-state index in [2.05, 4.69) is 5.32 Å². The molecule has 0 bridgehead atoms. The maximum absolute atomic E-state index is 12.8. The van der Waals surface area contributed by atoms with Crippen molar-refractivity contribution in [2.75, 3.05) is 32.6 Å². The van der Waals surface area contributed by atoms with Gasteiger partial charge in [0.15, 0.2) is 0 Å². The SMILES string of the molecule is COC(=O)c1sccc1NC(=O)C1CCN(S(=O)(=O)c2ccc(OC)cc2)CC1. The fourth-order valence-electron chi connectivity index (χ4n) is 3.15. The van der Waals surface area contributed by atoms with Gasteiger partial charge >= 0.3 is 5.97 Å². The first-order valence-electron chi connectivity index (χ1n) is 8.97. The van der Waals surface area contributed by atoms with Gasteiger partial charge in [0, 0.05) is 19.0 Å². The molecule has 8 nitrogen and oxygen atoms in total. The van der Waals surface area contributed by atoms with Crippen molar-refractivity contribution in [1.82, 2.24) is 4.31 Å². The van der Waals surface area contributed by atoms with Gasteiger partial charge in [-0.05, 0) is 48.6 Å². The Bertz CT molecular complexity index is 976. The minimum absolute atomic E-state index is 0.196. The number of anilines is 1. The summed E-state index contributed by atoms with van der Waals surface area (Å²) in [5.74, 6) is -0.479. The normalized spacial score (nSPS) is 15.7. The van der Waals surface area contributed by atoms with Crippen LogP contribution >= 0.6 is 11.3 Å². The van der Waals surface area contributed by atoms with Crippen molar-refractivity contribution >= 4 is 38.9 Å². The second kappa shape index (κ2) is 8.93. The van der Waals surface area contributed by atoms with Crippen LogP contribution in [0.1, 0.15) is 22.5 Å². The highest BCUT2D eigenvalue weighted by Gasteiger charge is 2.32. The topological polar surface area (TPSA) is 102 Å². The average Bonchev–Trinajstić information content (AvgIpc) is 3.21. The maximum Gasteiger partial charge on any atom is 0.350 e. The lowest BCUT2D eigenvalue weighted by atomic mass is 9.97. The van der Waals surface area contributed by atoms with Crippen molar-refractivity contribution in [2.24, 2.45) is 5.92 Å². The molecule has 0 unspecified atom stereocenters. The average molecular weight is 439 g/mol. The molecule has 1 saturated heterocycles. The molecule has 1 amide bonds. The third-order valence-electron chi connectivity index (χ3n) is 4.82. The van der Waals surface area contributed by atoms with Crippen LogP contribution in [0, 0.1) is 5.92 Å². The fourth-order valence-corrected chi connectivity index (χ4v) is 5.38. The number of amides is 1. The molecule has 0 atom stereocenters. The minimum Gasteiger partial charge on any atom is -0.497 e. The predicted octanol–water partition coefficient (Wildman–Crippen LogP) is 2.58. The van der Waals surface area contributed by atoms with E-state index in [4.69, 9.17) is 9.47 Å². The Balaban J connectivity index is 1.62. The predicted molar refractivity (Wildman–Crippen MR) is 109 cm³/mol. The first kappa shape index (κ1) is 21.3. The molecule has 0 saturated carbocycles. The molecule has 2 aromatic rings. The van der Waals surface area contributed by atoms with Crippen LogP contribution in [-0.2, 0) is 19.6 Å². The number of esters is 1. The Hall–Kier alpha value is -2.43. The highest BCUT2D eigenvalue weighted by atomic mass is 32.2. The molecule has 0 radical (unpaired) electrons. The number of carbonyl (C=O) groups is 2. The number of methoxy groups -OCH3 is 2. The molecular weight excluding hydrogens is 416 g/mol. The largest absolute Gasteiger partial charge is 0.497 e. The molecule has 1 fully saturated rings. The number of ether oxygens (including phenoxy) is 2. The molecule has 29 heavy (non-hydrogen) atoms. The number of thiophene rings is 1. The first-order chi connectivity index (χ1) is 13.9. The summed E-state index contributed by atoms with van der Waals surface area (Å²) in [6, 6.07) is 7.88. The third-order valence-corrected chi connectivity index (χ3v) is 7.62. The number of benzene rings is 1. The van der Waals surface area contributed by atoms with E-state index in [0.29, 0.717) is 29.2 Å². The van der Waals surface area contributed by atoms with E-state index in [9.17, 15) is 18.0 Å². The lowest BCUT2D eigenvalue weighted by Gasteiger charge is -2.30. The van der Waals surface area contributed by atoms with Gasteiger partial charge in [-0.1, -0.05) is 0 Å². The zero-order chi connectivity index (χ0) is 21.0. The first-order valence-corrected chi connectivity index (χ1v) is 11.3. The monoisotopic (exact) mass is 438 g/mol. The van der Waals surface area contributed by atoms with Crippen molar-refractivity contribution in [1.29, 1.82) is 0 Å².